The fourth-order valence-electron chi connectivity index (χ4n) is 4.50. The van der Waals surface area contributed by atoms with E-state index in [1.165, 1.54) is 22.3 Å². The second-order valence-electron chi connectivity index (χ2n) is 12.5. The topological polar surface area (TPSA) is 47.9 Å². The van der Waals surface area contributed by atoms with E-state index < -0.39 is 18.1 Å². The Balaban J connectivity index is 2.49. The summed E-state index contributed by atoms with van der Waals surface area (Å²) < 4.78 is 19.7. The Morgan fingerprint density at radius 2 is 1.49 bits per heavy atom. The Hall–Kier alpha value is -1.23. The lowest BCUT2D eigenvalue weighted by atomic mass is 9.77. The molecule has 1 aromatic carbocycles. The Kier molecular flexibility index (Phi) is 11.9. The zero-order valence-electron chi connectivity index (χ0n) is 25.0. The molecule has 0 radical (unpaired) electrons. The molecule has 0 aliphatic heterocycles. The van der Waals surface area contributed by atoms with Crippen LogP contribution in [-0.4, -0.2) is 29.8 Å². The summed E-state index contributed by atoms with van der Waals surface area (Å²) in [6.07, 6.45) is 2.74. The highest BCUT2D eigenvalue weighted by atomic mass is 32.1. The summed E-state index contributed by atoms with van der Waals surface area (Å²) in [5.74, 6) is 0.855. The molecule has 0 bridgehead atoms. The number of aliphatic hydroxyl groups is 1. The molecule has 1 N–H and O–H groups in total. The molecule has 0 spiro atoms. The van der Waals surface area contributed by atoms with Crippen molar-refractivity contribution in [3.8, 4) is 5.75 Å². The number of rotatable bonds is 12. The summed E-state index contributed by atoms with van der Waals surface area (Å²) in [6, 6.07) is 8.67. The summed E-state index contributed by atoms with van der Waals surface area (Å²) in [4.78, 5) is 1.16. The molecule has 0 fully saturated rings. The van der Waals surface area contributed by atoms with Gasteiger partial charge in [-0.1, -0.05) is 60.6 Å². The normalized spacial score (nSPS) is 14.9. The van der Waals surface area contributed by atoms with Gasteiger partial charge >= 0.3 is 0 Å². The van der Waals surface area contributed by atoms with Crippen LogP contribution in [0.5, 0.6) is 5.75 Å². The van der Waals surface area contributed by atoms with Gasteiger partial charge in [-0.05, 0) is 89.3 Å². The van der Waals surface area contributed by atoms with Crippen molar-refractivity contribution in [1.82, 2.24) is 0 Å². The van der Waals surface area contributed by atoms with E-state index >= 15 is 0 Å². The van der Waals surface area contributed by atoms with Crippen LogP contribution in [0.1, 0.15) is 88.7 Å². The smallest absolute Gasteiger partial charge is 0.171 e. The number of thiophene rings is 1. The first-order valence-electron chi connectivity index (χ1n) is 13.6. The van der Waals surface area contributed by atoms with Gasteiger partial charge in [-0.15, -0.1) is 11.3 Å². The zero-order chi connectivity index (χ0) is 28.0. The number of benzene rings is 1. The highest BCUT2D eigenvalue weighted by molar-refractivity contribution is 7.10. The minimum Gasteiger partial charge on any atom is -0.488 e. The molecule has 7 heteroatoms. The van der Waals surface area contributed by atoms with Crippen LogP contribution in [0.25, 0.3) is 5.57 Å². The third kappa shape index (κ3) is 9.48. The molecule has 0 saturated heterocycles. The van der Waals surface area contributed by atoms with Crippen LogP contribution in [0.4, 0.5) is 0 Å². The summed E-state index contributed by atoms with van der Waals surface area (Å²) in [5, 5.41) is 11.5. The van der Waals surface area contributed by atoms with E-state index in [0.717, 1.165) is 17.0 Å². The van der Waals surface area contributed by atoms with Crippen LogP contribution in [-0.2, 0) is 15.5 Å². The molecule has 0 aliphatic rings. The highest BCUT2D eigenvalue weighted by Crippen LogP contribution is 2.46. The third-order valence-corrected chi connectivity index (χ3v) is 8.68. The summed E-state index contributed by atoms with van der Waals surface area (Å²) in [6.45, 7) is 25.2. The Morgan fingerprint density at radius 3 is 1.97 bits per heavy atom. The van der Waals surface area contributed by atoms with Crippen molar-refractivity contribution in [3.05, 3.63) is 57.3 Å². The van der Waals surface area contributed by atoms with Crippen molar-refractivity contribution in [2.45, 2.75) is 99.9 Å². The molecule has 2 unspecified atom stereocenters. The van der Waals surface area contributed by atoms with E-state index in [0.29, 0.717) is 6.61 Å². The monoisotopic (exact) mass is 562 g/mol. The molecular formula is C30H50O4SSi2. The minimum atomic E-state index is -1.31. The molecule has 2 aromatic rings. The van der Waals surface area contributed by atoms with Gasteiger partial charge < -0.3 is 18.7 Å². The Morgan fingerprint density at radius 1 is 0.919 bits per heavy atom. The van der Waals surface area contributed by atoms with Gasteiger partial charge in [0, 0.05) is 4.88 Å². The molecule has 37 heavy (non-hydrogen) atoms. The van der Waals surface area contributed by atoms with Crippen molar-refractivity contribution in [1.29, 1.82) is 0 Å². The van der Waals surface area contributed by atoms with E-state index in [9.17, 15) is 5.11 Å². The van der Waals surface area contributed by atoms with Crippen LogP contribution in [0.2, 0.25) is 26.2 Å². The van der Waals surface area contributed by atoms with Crippen molar-refractivity contribution in [3.63, 3.8) is 0 Å². The van der Waals surface area contributed by atoms with Crippen LogP contribution in [0.3, 0.4) is 0 Å². The van der Waals surface area contributed by atoms with Gasteiger partial charge in [0.2, 0.25) is 0 Å². The Bertz CT molecular complexity index is 1020. The van der Waals surface area contributed by atoms with E-state index in [4.69, 9.17) is 13.6 Å². The molecule has 0 amide bonds. The van der Waals surface area contributed by atoms with E-state index in [-0.39, 0.29) is 29.6 Å². The molecule has 1 aromatic heterocycles. The highest BCUT2D eigenvalue weighted by Gasteiger charge is 2.36. The fourth-order valence-corrected chi connectivity index (χ4v) is 7.51. The van der Waals surface area contributed by atoms with Gasteiger partial charge in [0.05, 0.1) is 18.8 Å². The lowest BCUT2D eigenvalue weighted by Gasteiger charge is -2.39. The summed E-state index contributed by atoms with van der Waals surface area (Å²) in [5.41, 5.74) is 4.63. The van der Waals surface area contributed by atoms with Gasteiger partial charge in [-0.25, -0.2) is 0 Å². The minimum absolute atomic E-state index is 0.00359. The summed E-state index contributed by atoms with van der Waals surface area (Å²) >= 11 is 1.70. The third-order valence-electron chi connectivity index (χ3n) is 6.14. The predicted octanol–water partition coefficient (Wildman–Crippen LogP) is 8.29. The molecule has 0 saturated carbocycles. The van der Waals surface area contributed by atoms with Gasteiger partial charge in [0.25, 0.3) is 0 Å². The van der Waals surface area contributed by atoms with Crippen LogP contribution < -0.4 is 4.74 Å². The number of hydrogen-bond acceptors (Lipinski definition) is 5. The van der Waals surface area contributed by atoms with Crippen LogP contribution in [0, 0.1) is 10.8 Å². The SMILES string of the molecule is CCC(=CCO)c1csc(COc2ccc(C(O[SiH](C)C)C(C)(C)C)c(C(O[SiH](C)C)C(C)(C)C)c2)c1. The molecule has 1 heterocycles. The van der Waals surface area contributed by atoms with Gasteiger partial charge in [-0.3, -0.25) is 0 Å². The largest absolute Gasteiger partial charge is 0.488 e. The van der Waals surface area contributed by atoms with E-state index in [1.807, 2.05) is 6.08 Å². The average Bonchev–Trinajstić information content (AvgIpc) is 3.25. The molecule has 2 rings (SSSR count). The van der Waals surface area contributed by atoms with Crippen LogP contribution in [0.15, 0.2) is 35.7 Å². The quantitative estimate of drug-likeness (QED) is 0.264. The first-order valence-corrected chi connectivity index (χ1v) is 20.1. The predicted molar refractivity (Wildman–Crippen MR) is 165 cm³/mol. The first-order chi connectivity index (χ1) is 17.2. The standard InChI is InChI=1S/C30H50O4SSi2/c1-12-21(15-16-31)22-17-24(35-20-22)19-32-23-13-14-25(27(29(2,3)4)33-36(8)9)26(18-23)28(30(5,6)7)34-37(10)11/h13-15,17-18,20,27-28,31,36-37H,12,16,19H2,1-11H3. The van der Waals surface area contributed by atoms with E-state index in [2.05, 4.69) is 104 Å². The number of hydrogen-bond donors (Lipinski definition) is 1. The number of allylic oxidation sites excluding steroid dienone is 1. The van der Waals surface area contributed by atoms with Gasteiger partial charge in [-0.2, -0.15) is 0 Å². The second kappa shape index (κ2) is 13.7. The lowest BCUT2D eigenvalue weighted by molar-refractivity contribution is 0.0653. The van der Waals surface area contributed by atoms with E-state index in [1.54, 1.807) is 11.3 Å². The average molecular weight is 563 g/mol. The van der Waals surface area contributed by atoms with Crippen molar-refractivity contribution in [2.24, 2.45) is 10.8 Å². The maximum absolute atomic E-state index is 9.32. The molecular weight excluding hydrogens is 513 g/mol. The number of ether oxygens (including phenoxy) is 1. The zero-order valence-corrected chi connectivity index (χ0v) is 28.1. The maximum Gasteiger partial charge on any atom is 0.171 e. The molecule has 4 nitrogen and oxygen atoms in total. The van der Waals surface area contributed by atoms with Gasteiger partial charge in [0.15, 0.2) is 18.1 Å². The van der Waals surface area contributed by atoms with Crippen molar-refractivity contribution >= 4 is 35.0 Å². The fraction of sp³-hybridized carbons (Fsp3) is 0.600. The lowest BCUT2D eigenvalue weighted by Crippen LogP contribution is -2.31. The van der Waals surface area contributed by atoms with Gasteiger partial charge in [0.1, 0.15) is 12.4 Å². The molecule has 2 atom stereocenters. The second-order valence-corrected chi connectivity index (χ2v) is 18.2. The first kappa shape index (κ1) is 32.0. The molecule has 208 valence electrons. The van der Waals surface area contributed by atoms with Crippen LogP contribution >= 0.6 is 11.3 Å². The van der Waals surface area contributed by atoms with Crippen molar-refractivity contribution < 1.29 is 18.7 Å². The summed E-state index contributed by atoms with van der Waals surface area (Å²) in [7, 11) is -2.60. The maximum atomic E-state index is 9.32. The number of aliphatic hydroxyl groups excluding tert-OH is 1. The molecule has 0 aliphatic carbocycles. The van der Waals surface area contributed by atoms with Crippen molar-refractivity contribution in [2.75, 3.05) is 6.61 Å². The Labute approximate surface area is 233 Å².